The van der Waals surface area contributed by atoms with E-state index in [2.05, 4.69) is 12.1 Å². The highest BCUT2D eigenvalue weighted by Gasteiger charge is 2.10. The molecule has 1 aromatic heterocycles. The van der Waals surface area contributed by atoms with Crippen LogP contribution >= 0.6 is 0 Å². The Kier molecular flexibility index (Phi) is 3.25. The van der Waals surface area contributed by atoms with Crippen molar-refractivity contribution in [2.24, 2.45) is 0 Å². The van der Waals surface area contributed by atoms with Gasteiger partial charge in [-0.15, -0.1) is 0 Å². The minimum absolute atomic E-state index is 0.00466. The van der Waals surface area contributed by atoms with Gasteiger partial charge in [-0.3, -0.25) is 4.79 Å². The summed E-state index contributed by atoms with van der Waals surface area (Å²) >= 11 is 0. The highest BCUT2D eigenvalue weighted by Crippen LogP contribution is 2.23. The molecule has 0 aliphatic carbocycles. The summed E-state index contributed by atoms with van der Waals surface area (Å²) in [6.45, 7) is -0.00466. The van der Waals surface area contributed by atoms with E-state index in [9.17, 15) is 4.79 Å². The van der Waals surface area contributed by atoms with Crippen LogP contribution in [0.4, 0.5) is 0 Å². The van der Waals surface area contributed by atoms with E-state index in [0.717, 1.165) is 22.9 Å². The Morgan fingerprint density at radius 1 is 1.00 bits per heavy atom. The average Bonchev–Trinajstić information content (AvgIpc) is 2.78. The molecule has 3 aromatic rings. The number of carboxylic acid groups (broad SMARTS) is 1. The predicted octanol–water partition coefficient (Wildman–Crippen LogP) is 3.32. The van der Waals surface area contributed by atoms with E-state index in [1.54, 1.807) is 4.57 Å². The number of fused-ring (bicyclic) bond motifs is 1. The summed E-state index contributed by atoms with van der Waals surface area (Å²) in [4.78, 5) is 11.0. The number of para-hydroxylation sites is 1. The first-order chi connectivity index (χ1) is 9.74. The van der Waals surface area contributed by atoms with Gasteiger partial charge in [0.05, 0.1) is 0 Å². The molecule has 0 saturated heterocycles. The number of hydrogen-bond donors (Lipinski definition) is 1. The maximum Gasteiger partial charge on any atom is 0.323 e. The maximum atomic E-state index is 11.0. The fourth-order valence-electron chi connectivity index (χ4n) is 2.56. The Bertz CT molecular complexity index is 744. The molecule has 0 spiro atoms. The molecule has 0 fully saturated rings. The second-order valence-electron chi connectivity index (χ2n) is 4.86. The molecule has 0 radical (unpaired) electrons. The molecule has 3 heteroatoms. The number of carboxylic acids is 1. The SMILES string of the molecule is O=C(O)Cn1cc(Cc2ccccc2)c2ccccc21. The van der Waals surface area contributed by atoms with E-state index in [-0.39, 0.29) is 6.54 Å². The third-order valence-electron chi connectivity index (χ3n) is 3.41. The van der Waals surface area contributed by atoms with Gasteiger partial charge in [-0.25, -0.2) is 0 Å². The third-order valence-corrected chi connectivity index (χ3v) is 3.41. The molecule has 0 aliphatic rings. The summed E-state index contributed by atoms with van der Waals surface area (Å²) in [5.41, 5.74) is 3.36. The molecule has 1 N–H and O–H groups in total. The van der Waals surface area contributed by atoms with Gasteiger partial charge in [0, 0.05) is 17.1 Å². The lowest BCUT2D eigenvalue weighted by atomic mass is 10.0. The van der Waals surface area contributed by atoms with Crippen molar-refractivity contribution in [2.45, 2.75) is 13.0 Å². The second-order valence-corrected chi connectivity index (χ2v) is 4.86. The van der Waals surface area contributed by atoms with Crippen LogP contribution in [-0.2, 0) is 17.8 Å². The summed E-state index contributed by atoms with van der Waals surface area (Å²) in [6.07, 6.45) is 2.76. The summed E-state index contributed by atoms with van der Waals surface area (Å²) in [5.74, 6) is -0.822. The van der Waals surface area contributed by atoms with Gasteiger partial charge in [0.1, 0.15) is 6.54 Å². The highest BCUT2D eigenvalue weighted by atomic mass is 16.4. The van der Waals surface area contributed by atoms with E-state index in [1.165, 1.54) is 5.56 Å². The Hall–Kier alpha value is -2.55. The normalized spacial score (nSPS) is 10.8. The molecular weight excluding hydrogens is 250 g/mol. The summed E-state index contributed by atoms with van der Waals surface area (Å²) < 4.78 is 1.80. The number of rotatable bonds is 4. The summed E-state index contributed by atoms with van der Waals surface area (Å²) in [6, 6.07) is 18.1. The molecule has 20 heavy (non-hydrogen) atoms. The Morgan fingerprint density at radius 2 is 1.70 bits per heavy atom. The molecule has 2 aromatic carbocycles. The monoisotopic (exact) mass is 265 g/mol. The minimum atomic E-state index is -0.822. The van der Waals surface area contributed by atoms with E-state index in [4.69, 9.17) is 5.11 Å². The standard InChI is InChI=1S/C17H15NO2/c19-17(20)12-18-11-14(10-13-6-2-1-3-7-13)15-8-4-5-9-16(15)18/h1-9,11H,10,12H2,(H,19,20). The topological polar surface area (TPSA) is 42.2 Å². The number of benzene rings is 2. The molecule has 100 valence electrons. The van der Waals surface area contributed by atoms with Crippen LogP contribution in [0.1, 0.15) is 11.1 Å². The van der Waals surface area contributed by atoms with Gasteiger partial charge >= 0.3 is 5.97 Å². The predicted molar refractivity (Wildman–Crippen MR) is 78.8 cm³/mol. The van der Waals surface area contributed by atoms with Crippen molar-refractivity contribution < 1.29 is 9.90 Å². The zero-order valence-electron chi connectivity index (χ0n) is 11.0. The van der Waals surface area contributed by atoms with Gasteiger partial charge in [0.15, 0.2) is 0 Å². The van der Waals surface area contributed by atoms with E-state index in [1.807, 2.05) is 48.7 Å². The van der Waals surface area contributed by atoms with Gasteiger partial charge in [0.2, 0.25) is 0 Å². The van der Waals surface area contributed by atoms with Crippen molar-refractivity contribution in [1.82, 2.24) is 4.57 Å². The fraction of sp³-hybridized carbons (Fsp3) is 0.118. The van der Waals surface area contributed by atoms with Crippen molar-refractivity contribution in [2.75, 3.05) is 0 Å². The second kappa shape index (κ2) is 5.21. The van der Waals surface area contributed by atoms with Crippen molar-refractivity contribution >= 4 is 16.9 Å². The van der Waals surface area contributed by atoms with Crippen molar-refractivity contribution in [3.8, 4) is 0 Å². The number of nitrogens with zero attached hydrogens (tertiary/aromatic N) is 1. The molecule has 0 amide bonds. The highest BCUT2D eigenvalue weighted by molar-refractivity contribution is 5.85. The van der Waals surface area contributed by atoms with Crippen LogP contribution in [0.15, 0.2) is 60.8 Å². The van der Waals surface area contributed by atoms with Crippen LogP contribution in [0.5, 0.6) is 0 Å². The minimum Gasteiger partial charge on any atom is -0.480 e. The average molecular weight is 265 g/mol. The van der Waals surface area contributed by atoms with Gasteiger partial charge in [0.25, 0.3) is 0 Å². The van der Waals surface area contributed by atoms with E-state index < -0.39 is 5.97 Å². The van der Waals surface area contributed by atoms with Crippen LogP contribution in [0.2, 0.25) is 0 Å². The Morgan fingerprint density at radius 3 is 2.45 bits per heavy atom. The summed E-state index contributed by atoms with van der Waals surface area (Å²) in [5, 5.41) is 10.1. The molecule has 1 heterocycles. The van der Waals surface area contributed by atoms with Gasteiger partial charge in [-0.2, -0.15) is 0 Å². The molecule has 0 unspecified atom stereocenters. The molecule has 0 atom stereocenters. The number of aromatic nitrogens is 1. The first kappa shape index (κ1) is 12.5. The van der Waals surface area contributed by atoms with Crippen molar-refractivity contribution in [1.29, 1.82) is 0 Å². The van der Waals surface area contributed by atoms with E-state index >= 15 is 0 Å². The molecule has 3 nitrogen and oxygen atoms in total. The largest absolute Gasteiger partial charge is 0.480 e. The summed E-state index contributed by atoms with van der Waals surface area (Å²) in [7, 11) is 0. The van der Waals surface area contributed by atoms with Gasteiger partial charge in [-0.1, -0.05) is 48.5 Å². The van der Waals surface area contributed by atoms with Gasteiger partial charge < -0.3 is 9.67 Å². The first-order valence-corrected chi connectivity index (χ1v) is 6.56. The van der Waals surface area contributed by atoms with E-state index in [0.29, 0.717) is 0 Å². The number of carbonyl (C=O) groups is 1. The quantitative estimate of drug-likeness (QED) is 0.786. The van der Waals surface area contributed by atoms with Crippen LogP contribution < -0.4 is 0 Å². The third kappa shape index (κ3) is 2.43. The van der Waals surface area contributed by atoms with Gasteiger partial charge in [-0.05, 0) is 23.6 Å². The molecular formula is C17H15NO2. The molecule has 0 aliphatic heterocycles. The fourth-order valence-corrected chi connectivity index (χ4v) is 2.56. The number of aliphatic carboxylic acids is 1. The lowest BCUT2D eigenvalue weighted by Gasteiger charge is -1.99. The maximum absolute atomic E-state index is 11.0. The number of hydrogen-bond acceptors (Lipinski definition) is 1. The Balaban J connectivity index is 2.04. The first-order valence-electron chi connectivity index (χ1n) is 6.56. The van der Waals surface area contributed by atoms with Crippen molar-refractivity contribution in [3.63, 3.8) is 0 Å². The molecule has 0 saturated carbocycles. The van der Waals surface area contributed by atoms with Crippen molar-refractivity contribution in [3.05, 3.63) is 71.9 Å². The van der Waals surface area contributed by atoms with Crippen LogP contribution in [-0.4, -0.2) is 15.6 Å². The zero-order chi connectivity index (χ0) is 13.9. The van der Waals surface area contributed by atoms with Crippen LogP contribution in [0.3, 0.4) is 0 Å². The smallest absolute Gasteiger partial charge is 0.323 e. The van der Waals surface area contributed by atoms with Crippen LogP contribution in [0.25, 0.3) is 10.9 Å². The van der Waals surface area contributed by atoms with Crippen LogP contribution in [0, 0.1) is 0 Å². The zero-order valence-corrected chi connectivity index (χ0v) is 11.0. The Labute approximate surface area is 117 Å². The lowest BCUT2D eigenvalue weighted by molar-refractivity contribution is -0.137. The lowest BCUT2D eigenvalue weighted by Crippen LogP contribution is -2.07. The molecule has 0 bridgehead atoms. The molecule has 3 rings (SSSR count).